The monoisotopic (exact) mass is 231 g/mol. The summed E-state index contributed by atoms with van der Waals surface area (Å²) in [5, 5.41) is 9.71. The van der Waals surface area contributed by atoms with Crippen LogP contribution in [-0.2, 0) is 11.8 Å². The lowest BCUT2D eigenvalue weighted by atomic mass is 10.3. The first-order valence-corrected chi connectivity index (χ1v) is 5.58. The molecule has 2 aromatic rings. The van der Waals surface area contributed by atoms with Crippen molar-refractivity contribution >= 4 is 11.7 Å². The molecular formula is C11H13N5O. The molecule has 0 spiro atoms. The van der Waals surface area contributed by atoms with Gasteiger partial charge in [0.25, 0.3) is 0 Å². The Kier molecular flexibility index (Phi) is 2.21. The summed E-state index contributed by atoms with van der Waals surface area (Å²) in [5.41, 5.74) is 0.795. The Hall–Kier alpha value is -2.11. The van der Waals surface area contributed by atoms with E-state index in [9.17, 15) is 4.79 Å². The average Bonchev–Trinajstić information content (AvgIpc) is 2.93. The Balaban J connectivity index is 1.78. The molecule has 3 rings (SSSR count). The van der Waals surface area contributed by atoms with Gasteiger partial charge in [-0.15, -0.1) is 0 Å². The first-order valence-electron chi connectivity index (χ1n) is 5.58. The van der Waals surface area contributed by atoms with E-state index in [4.69, 9.17) is 0 Å². The van der Waals surface area contributed by atoms with E-state index in [0.29, 0.717) is 5.82 Å². The molecule has 0 radical (unpaired) electrons. The normalized spacial score (nSPS) is 14.9. The van der Waals surface area contributed by atoms with Gasteiger partial charge >= 0.3 is 0 Å². The molecule has 0 bridgehead atoms. The zero-order valence-corrected chi connectivity index (χ0v) is 9.47. The fraction of sp³-hybridized carbons (Fsp3) is 0.364. The minimum absolute atomic E-state index is 0.0582. The topological polar surface area (TPSA) is 75.6 Å². The highest BCUT2D eigenvalue weighted by molar-refractivity contribution is 5.93. The number of nitrogens with one attached hydrogen (secondary N) is 2. The number of carbonyl (C=O) groups is 1. The van der Waals surface area contributed by atoms with Crippen LogP contribution in [-0.4, -0.2) is 25.7 Å². The maximum atomic E-state index is 11.6. The maximum Gasteiger partial charge on any atom is 0.228 e. The third kappa shape index (κ3) is 1.93. The predicted octanol–water partition coefficient (Wildman–Crippen LogP) is 1.16. The van der Waals surface area contributed by atoms with Crippen LogP contribution in [0, 0.1) is 5.92 Å². The second-order valence-corrected chi connectivity index (χ2v) is 4.29. The number of hydrogen-bond donors (Lipinski definition) is 2. The van der Waals surface area contributed by atoms with E-state index in [2.05, 4.69) is 20.5 Å². The molecule has 6 heteroatoms. The molecule has 2 aromatic heterocycles. The smallest absolute Gasteiger partial charge is 0.228 e. The Labute approximate surface area is 98.1 Å². The summed E-state index contributed by atoms with van der Waals surface area (Å²) < 4.78 is 1.89. The van der Waals surface area contributed by atoms with Crippen LogP contribution in [0.4, 0.5) is 5.82 Å². The van der Waals surface area contributed by atoms with Crippen LogP contribution in [0.25, 0.3) is 11.5 Å². The molecule has 1 aliphatic carbocycles. The number of rotatable bonds is 3. The zero-order valence-electron chi connectivity index (χ0n) is 9.47. The molecular weight excluding hydrogens is 218 g/mol. The first-order chi connectivity index (χ1) is 8.24. The van der Waals surface area contributed by atoms with Crippen molar-refractivity contribution in [1.29, 1.82) is 0 Å². The molecule has 1 aliphatic rings. The summed E-state index contributed by atoms with van der Waals surface area (Å²) in [6, 6.07) is 1.79. The lowest BCUT2D eigenvalue weighted by Crippen LogP contribution is -2.13. The van der Waals surface area contributed by atoms with Gasteiger partial charge in [0.05, 0.1) is 0 Å². The molecule has 1 saturated carbocycles. The van der Waals surface area contributed by atoms with Gasteiger partial charge in [0.15, 0.2) is 11.6 Å². The maximum absolute atomic E-state index is 11.6. The Bertz CT molecular complexity index is 552. The third-order valence-electron chi connectivity index (χ3n) is 2.84. The van der Waals surface area contributed by atoms with E-state index in [-0.39, 0.29) is 11.8 Å². The average molecular weight is 231 g/mol. The molecule has 6 nitrogen and oxygen atoms in total. The largest absolute Gasteiger partial charge is 0.333 e. The van der Waals surface area contributed by atoms with Gasteiger partial charge in [-0.25, -0.2) is 4.98 Å². The lowest BCUT2D eigenvalue weighted by molar-refractivity contribution is -0.117. The van der Waals surface area contributed by atoms with Gasteiger partial charge in [-0.05, 0) is 12.8 Å². The van der Waals surface area contributed by atoms with Crippen molar-refractivity contribution in [3.05, 3.63) is 18.5 Å². The number of aryl methyl sites for hydroxylation is 1. The summed E-state index contributed by atoms with van der Waals surface area (Å²) in [7, 11) is 1.91. The Morgan fingerprint density at radius 3 is 3.06 bits per heavy atom. The minimum atomic E-state index is 0.0582. The summed E-state index contributed by atoms with van der Waals surface area (Å²) in [5.74, 6) is 1.59. The molecule has 0 saturated heterocycles. The molecule has 2 N–H and O–H groups in total. The summed E-state index contributed by atoms with van der Waals surface area (Å²) in [4.78, 5) is 15.8. The van der Waals surface area contributed by atoms with Gasteiger partial charge in [-0.1, -0.05) is 0 Å². The molecule has 0 aliphatic heterocycles. The number of imidazole rings is 1. The SMILES string of the molecule is Cn1ccnc1-c1cc(NC(=O)C2CC2)n[nH]1. The molecule has 0 unspecified atom stereocenters. The van der Waals surface area contributed by atoms with Crippen molar-refractivity contribution in [3.8, 4) is 11.5 Å². The van der Waals surface area contributed by atoms with Crippen molar-refractivity contribution in [3.63, 3.8) is 0 Å². The van der Waals surface area contributed by atoms with Crippen LogP contribution in [0.15, 0.2) is 18.5 Å². The fourth-order valence-electron chi connectivity index (χ4n) is 1.70. The van der Waals surface area contributed by atoms with E-state index in [0.717, 1.165) is 24.4 Å². The number of amides is 1. The van der Waals surface area contributed by atoms with Crippen molar-refractivity contribution < 1.29 is 4.79 Å². The number of H-pyrrole nitrogens is 1. The van der Waals surface area contributed by atoms with Gasteiger partial charge in [-0.3, -0.25) is 9.89 Å². The van der Waals surface area contributed by atoms with E-state index < -0.39 is 0 Å². The standard InChI is InChI=1S/C11H13N5O/c1-16-5-4-12-10(16)8-6-9(15-14-8)13-11(17)7-2-3-7/h4-7H,2-3H2,1H3,(H2,13,14,15,17). The zero-order chi connectivity index (χ0) is 11.8. The number of aromatic nitrogens is 4. The summed E-state index contributed by atoms with van der Waals surface area (Å²) >= 11 is 0. The number of aromatic amines is 1. The molecule has 17 heavy (non-hydrogen) atoms. The van der Waals surface area contributed by atoms with Crippen LogP contribution in [0.5, 0.6) is 0 Å². The molecule has 0 aromatic carbocycles. The van der Waals surface area contributed by atoms with Crippen LogP contribution < -0.4 is 5.32 Å². The minimum Gasteiger partial charge on any atom is -0.333 e. The van der Waals surface area contributed by atoms with Crippen molar-refractivity contribution in [2.45, 2.75) is 12.8 Å². The van der Waals surface area contributed by atoms with E-state index in [1.807, 2.05) is 17.8 Å². The number of anilines is 1. The van der Waals surface area contributed by atoms with E-state index in [1.54, 1.807) is 12.3 Å². The molecule has 2 heterocycles. The number of nitrogens with zero attached hydrogens (tertiary/aromatic N) is 3. The van der Waals surface area contributed by atoms with Gasteiger partial charge in [-0.2, -0.15) is 5.10 Å². The third-order valence-corrected chi connectivity index (χ3v) is 2.84. The summed E-state index contributed by atoms with van der Waals surface area (Å²) in [6.45, 7) is 0. The first kappa shape index (κ1) is 10.1. The highest BCUT2D eigenvalue weighted by Gasteiger charge is 2.30. The molecule has 1 amide bonds. The number of carbonyl (C=O) groups excluding carboxylic acids is 1. The van der Waals surface area contributed by atoms with Crippen LogP contribution in [0.1, 0.15) is 12.8 Å². The fourth-order valence-corrected chi connectivity index (χ4v) is 1.70. The quantitative estimate of drug-likeness (QED) is 0.832. The Morgan fingerprint density at radius 1 is 1.59 bits per heavy atom. The second-order valence-electron chi connectivity index (χ2n) is 4.29. The molecule has 88 valence electrons. The number of hydrogen-bond acceptors (Lipinski definition) is 3. The van der Waals surface area contributed by atoms with Crippen molar-refractivity contribution in [1.82, 2.24) is 19.7 Å². The van der Waals surface area contributed by atoms with Crippen LogP contribution in [0.3, 0.4) is 0 Å². The van der Waals surface area contributed by atoms with Gasteiger partial charge < -0.3 is 9.88 Å². The predicted molar refractivity (Wildman–Crippen MR) is 62.1 cm³/mol. The van der Waals surface area contributed by atoms with E-state index in [1.165, 1.54) is 0 Å². The molecule has 1 fully saturated rings. The van der Waals surface area contributed by atoms with Gasteiger partial charge in [0, 0.05) is 31.4 Å². The highest BCUT2D eigenvalue weighted by Crippen LogP contribution is 2.30. The molecule has 0 atom stereocenters. The lowest BCUT2D eigenvalue weighted by Gasteiger charge is -1.97. The van der Waals surface area contributed by atoms with Crippen molar-refractivity contribution in [2.24, 2.45) is 13.0 Å². The van der Waals surface area contributed by atoms with Gasteiger partial charge in [0.1, 0.15) is 5.69 Å². The van der Waals surface area contributed by atoms with Crippen LogP contribution >= 0.6 is 0 Å². The van der Waals surface area contributed by atoms with Crippen LogP contribution in [0.2, 0.25) is 0 Å². The highest BCUT2D eigenvalue weighted by atomic mass is 16.2. The summed E-state index contributed by atoms with van der Waals surface area (Å²) in [6.07, 6.45) is 5.56. The van der Waals surface area contributed by atoms with Gasteiger partial charge in [0.2, 0.25) is 5.91 Å². The van der Waals surface area contributed by atoms with E-state index >= 15 is 0 Å². The second kappa shape index (κ2) is 3.73. The van der Waals surface area contributed by atoms with Crippen molar-refractivity contribution in [2.75, 3.05) is 5.32 Å². The Morgan fingerprint density at radius 2 is 2.41 bits per heavy atom.